The summed E-state index contributed by atoms with van der Waals surface area (Å²) in [4.78, 5) is 14.0. The molecule has 1 aromatic rings. The maximum absolute atomic E-state index is 12.3. The highest BCUT2D eigenvalue weighted by Crippen LogP contribution is 2.29. The highest BCUT2D eigenvalue weighted by atomic mass is 35.5. The minimum absolute atomic E-state index is 0.0603. The second-order valence-corrected chi connectivity index (χ2v) is 5.51. The van der Waals surface area contributed by atoms with Crippen LogP contribution in [0.3, 0.4) is 0 Å². The summed E-state index contributed by atoms with van der Waals surface area (Å²) in [5.74, 6) is 0.202. The average Bonchev–Trinajstić information content (AvgIpc) is 2.77. The molecule has 2 unspecified atom stereocenters. The Morgan fingerprint density at radius 3 is 2.72 bits per heavy atom. The third-order valence-corrected chi connectivity index (χ3v) is 4.10. The first kappa shape index (κ1) is 13.4. The third-order valence-electron chi connectivity index (χ3n) is 3.70. The maximum Gasteiger partial charge on any atom is 0.229 e. The van der Waals surface area contributed by atoms with Crippen LogP contribution < -0.4 is 10.6 Å². The Labute approximate surface area is 113 Å². The number of halogens is 1. The smallest absolute Gasteiger partial charge is 0.229 e. The molecule has 18 heavy (non-hydrogen) atoms. The molecular weight excluding hydrogens is 248 g/mol. The number of carbonyl (C=O) groups is 1. The summed E-state index contributed by atoms with van der Waals surface area (Å²) in [5, 5.41) is 0.690. The van der Waals surface area contributed by atoms with E-state index in [1.165, 1.54) is 0 Å². The van der Waals surface area contributed by atoms with Crippen LogP contribution in [-0.4, -0.2) is 19.0 Å². The van der Waals surface area contributed by atoms with Crippen LogP contribution in [0.25, 0.3) is 0 Å². The van der Waals surface area contributed by atoms with E-state index in [2.05, 4.69) is 0 Å². The van der Waals surface area contributed by atoms with E-state index in [9.17, 15) is 4.79 Å². The van der Waals surface area contributed by atoms with Crippen molar-refractivity contribution in [3.05, 3.63) is 28.8 Å². The lowest BCUT2D eigenvalue weighted by atomic mass is 10.1. The fourth-order valence-corrected chi connectivity index (χ4v) is 2.61. The summed E-state index contributed by atoms with van der Waals surface area (Å²) in [5.41, 5.74) is 7.72. The van der Waals surface area contributed by atoms with E-state index in [0.717, 1.165) is 30.5 Å². The van der Waals surface area contributed by atoms with Gasteiger partial charge in [0.05, 0.1) is 0 Å². The predicted octanol–water partition coefficient (Wildman–Crippen LogP) is 2.74. The van der Waals surface area contributed by atoms with Crippen molar-refractivity contribution in [2.75, 3.05) is 11.9 Å². The second kappa shape index (κ2) is 5.29. The molecule has 0 heterocycles. The lowest BCUT2D eigenvalue weighted by Crippen LogP contribution is -2.32. The van der Waals surface area contributed by atoms with E-state index in [1.807, 2.05) is 25.1 Å². The van der Waals surface area contributed by atoms with Gasteiger partial charge in [0.1, 0.15) is 0 Å². The van der Waals surface area contributed by atoms with Crippen LogP contribution in [0, 0.1) is 12.8 Å². The fourth-order valence-electron chi connectivity index (χ4n) is 2.43. The van der Waals surface area contributed by atoms with Gasteiger partial charge in [-0.05, 0) is 43.9 Å². The van der Waals surface area contributed by atoms with E-state index >= 15 is 0 Å². The van der Waals surface area contributed by atoms with Gasteiger partial charge in [-0.2, -0.15) is 0 Å². The normalized spacial score (nSPS) is 23.1. The van der Waals surface area contributed by atoms with Gasteiger partial charge in [-0.15, -0.1) is 0 Å². The summed E-state index contributed by atoms with van der Waals surface area (Å²) in [6.07, 6.45) is 2.63. The van der Waals surface area contributed by atoms with Crippen molar-refractivity contribution in [1.29, 1.82) is 0 Å². The molecule has 2 N–H and O–H groups in total. The van der Waals surface area contributed by atoms with E-state index in [1.54, 1.807) is 11.9 Å². The number of hydrogen-bond donors (Lipinski definition) is 1. The largest absolute Gasteiger partial charge is 0.328 e. The number of rotatable bonds is 2. The van der Waals surface area contributed by atoms with Gasteiger partial charge in [-0.1, -0.05) is 17.7 Å². The standard InChI is InChI=1S/C14H19ClN2O/c1-9-3-6-12(8-13(9)15)17(2)14(18)10-4-5-11(16)7-10/h3,6,8,10-11H,4-5,7,16H2,1-2H3. The topological polar surface area (TPSA) is 46.3 Å². The number of hydrogen-bond acceptors (Lipinski definition) is 2. The monoisotopic (exact) mass is 266 g/mol. The number of nitrogens with two attached hydrogens (primary N) is 1. The van der Waals surface area contributed by atoms with Crippen molar-refractivity contribution in [2.45, 2.75) is 32.2 Å². The van der Waals surface area contributed by atoms with Crippen LogP contribution in [0.15, 0.2) is 18.2 Å². The van der Waals surface area contributed by atoms with Crippen LogP contribution in [0.4, 0.5) is 5.69 Å². The van der Waals surface area contributed by atoms with Gasteiger partial charge in [-0.25, -0.2) is 0 Å². The average molecular weight is 267 g/mol. The lowest BCUT2D eigenvalue weighted by Gasteiger charge is -2.21. The number of anilines is 1. The second-order valence-electron chi connectivity index (χ2n) is 5.10. The Hall–Kier alpha value is -1.06. The number of carbonyl (C=O) groups excluding carboxylic acids is 1. The summed E-state index contributed by atoms with van der Waals surface area (Å²) < 4.78 is 0. The van der Waals surface area contributed by atoms with Crippen molar-refractivity contribution in [2.24, 2.45) is 11.7 Å². The fraction of sp³-hybridized carbons (Fsp3) is 0.500. The Morgan fingerprint density at radius 1 is 1.44 bits per heavy atom. The number of nitrogens with zero attached hydrogens (tertiary/aromatic N) is 1. The first-order chi connectivity index (χ1) is 8.49. The third kappa shape index (κ3) is 2.68. The van der Waals surface area contributed by atoms with Gasteiger partial charge in [0.2, 0.25) is 5.91 Å². The molecule has 0 aliphatic heterocycles. The molecule has 1 aromatic carbocycles. The molecule has 0 bridgehead atoms. The van der Waals surface area contributed by atoms with Crippen molar-refractivity contribution in [1.82, 2.24) is 0 Å². The quantitative estimate of drug-likeness (QED) is 0.895. The van der Waals surface area contributed by atoms with Crippen LogP contribution in [0.5, 0.6) is 0 Å². The Morgan fingerprint density at radius 2 is 2.17 bits per heavy atom. The van der Waals surface area contributed by atoms with E-state index in [-0.39, 0.29) is 17.9 Å². The maximum atomic E-state index is 12.3. The first-order valence-corrected chi connectivity index (χ1v) is 6.66. The zero-order chi connectivity index (χ0) is 13.3. The molecule has 0 saturated heterocycles. The molecule has 0 spiro atoms. The SMILES string of the molecule is Cc1ccc(N(C)C(=O)C2CCC(N)C2)cc1Cl. The summed E-state index contributed by atoms with van der Waals surface area (Å²) >= 11 is 6.09. The molecule has 2 rings (SSSR count). The van der Waals surface area contributed by atoms with Crippen molar-refractivity contribution < 1.29 is 4.79 Å². The molecule has 4 heteroatoms. The molecule has 1 amide bonds. The Bertz CT molecular complexity index is 461. The molecular formula is C14H19ClN2O. The van der Waals surface area contributed by atoms with Crippen LogP contribution in [-0.2, 0) is 4.79 Å². The van der Waals surface area contributed by atoms with Gasteiger partial charge in [-0.3, -0.25) is 4.79 Å². The molecule has 1 fully saturated rings. The van der Waals surface area contributed by atoms with Gasteiger partial charge in [0.15, 0.2) is 0 Å². The molecule has 2 atom stereocenters. The van der Waals surface area contributed by atoms with E-state index in [0.29, 0.717) is 5.02 Å². The predicted molar refractivity (Wildman–Crippen MR) is 74.9 cm³/mol. The summed E-state index contributed by atoms with van der Waals surface area (Å²) in [6, 6.07) is 5.87. The number of benzene rings is 1. The van der Waals surface area contributed by atoms with Crippen LogP contribution in [0.1, 0.15) is 24.8 Å². The van der Waals surface area contributed by atoms with Crippen molar-refractivity contribution >= 4 is 23.2 Å². The molecule has 1 saturated carbocycles. The molecule has 1 aliphatic carbocycles. The van der Waals surface area contributed by atoms with Crippen LogP contribution in [0.2, 0.25) is 5.02 Å². The minimum Gasteiger partial charge on any atom is -0.328 e. The molecule has 3 nitrogen and oxygen atoms in total. The zero-order valence-corrected chi connectivity index (χ0v) is 11.6. The van der Waals surface area contributed by atoms with Gasteiger partial charge in [0.25, 0.3) is 0 Å². The lowest BCUT2D eigenvalue weighted by molar-refractivity contribution is -0.121. The summed E-state index contributed by atoms with van der Waals surface area (Å²) in [7, 11) is 1.80. The van der Waals surface area contributed by atoms with Gasteiger partial charge in [0, 0.05) is 29.7 Å². The minimum atomic E-state index is 0.0603. The van der Waals surface area contributed by atoms with Crippen molar-refractivity contribution in [3.8, 4) is 0 Å². The van der Waals surface area contributed by atoms with Gasteiger partial charge >= 0.3 is 0 Å². The Balaban J connectivity index is 2.12. The zero-order valence-electron chi connectivity index (χ0n) is 10.8. The highest BCUT2D eigenvalue weighted by molar-refractivity contribution is 6.31. The first-order valence-electron chi connectivity index (χ1n) is 6.28. The van der Waals surface area contributed by atoms with E-state index in [4.69, 9.17) is 17.3 Å². The van der Waals surface area contributed by atoms with E-state index < -0.39 is 0 Å². The highest BCUT2D eigenvalue weighted by Gasteiger charge is 2.30. The molecule has 1 aliphatic rings. The Kier molecular flexibility index (Phi) is 3.93. The molecule has 0 radical (unpaired) electrons. The van der Waals surface area contributed by atoms with Crippen LogP contribution >= 0.6 is 11.6 Å². The van der Waals surface area contributed by atoms with Gasteiger partial charge < -0.3 is 10.6 Å². The van der Waals surface area contributed by atoms with Crippen molar-refractivity contribution in [3.63, 3.8) is 0 Å². The molecule has 98 valence electrons. The molecule has 0 aromatic heterocycles. The summed E-state index contributed by atoms with van der Waals surface area (Å²) in [6.45, 7) is 1.95. The number of aryl methyl sites for hydroxylation is 1. The number of amides is 1.